The first kappa shape index (κ1) is 16.6. The van der Waals surface area contributed by atoms with Gasteiger partial charge >= 0.3 is 0 Å². The topological polar surface area (TPSA) is 30.7 Å². The number of hydrogen-bond acceptors (Lipinski definition) is 2. The molecule has 0 fully saturated rings. The van der Waals surface area contributed by atoms with Crippen molar-refractivity contribution in [1.29, 1.82) is 0 Å². The lowest BCUT2D eigenvalue weighted by Gasteiger charge is -2.36. The van der Waals surface area contributed by atoms with Crippen LogP contribution in [-0.4, -0.2) is 14.8 Å². The number of alkyl halides is 1. The van der Waals surface area contributed by atoms with Gasteiger partial charge in [-0.15, -0.1) is 11.6 Å². The Balaban J connectivity index is 2.15. The van der Waals surface area contributed by atoms with E-state index in [1.54, 1.807) is 6.33 Å². The third-order valence-electron chi connectivity index (χ3n) is 4.63. The van der Waals surface area contributed by atoms with Gasteiger partial charge in [-0.1, -0.05) is 91.0 Å². The second-order valence-electron chi connectivity index (χ2n) is 6.03. The lowest BCUT2D eigenvalue weighted by atomic mass is 9.77. The van der Waals surface area contributed by atoms with Crippen LogP contribution in [0.3, 0.4) is 0 Å². The van der Waals surface area contributed by atoms with Gasteiger partial charge in [-0.3, -0.25) is 0 Å². The molecule has 0 radical (unpaired) electrons. The molecule has 0 saturated heterocycles. The number of rotatable bonds is 5. The van der Waals surface area contributed by atoms with Crippen LogP contribution < -0.4 is 0 Å². The van der Waals surface area contributed by atoms with Crippen LogP contribution in [0.5, 0.6) is 0 Å². The van der Waals surface area contributed by atoms with Crippen molar-refractivity contribution in [2.24, 2.45) is 0 Å². The molecule has 0 aliphatic heterocycles. The normalized spacial score (nSPS) is 11.4. The van der Waals surface area contributed by atoms with E-state index in [2.05, 4.69) is 46.5 Å². The summed E-state index contributed by atoms with van der Waals surface area (Å²) in [6, 6.07) is 31.1. The van der Waals surface area contributed by atoms with E-state index in [0.29, 0.717) is 0 Å². The Morgan fingerprint density at radius 3 is 1.50 bits per heavy atom. The second kappa shape index (κ2) is 7.14. The highest BCUT2D eigenvalue weighted by atomic mass is 35.5. The first-order valence-corrected chi connectivity index (χ1v) is 9.02. The number of hydrogen-bond donors (Lipinski definition) is 0. The van der Waals surface area contributed by atoms with Crippen molar-refractivity contribution in [3.05, 3.63) is 120 Å². The molecule has 0 atom stereocenters. The maximum absolute atomic E-state index is 6.22. The molecule has 0 aliphatic carbocycles. The van der Waals surface area contributed by atoms with Crippen molar-refractivity contribution in [3.8, 4) is 0 Å². The molecule has 0 spiro atoms. The van der Waals surface area contributed by atoms with Crippen molar-refractivity contribution in [2.75, 3.05) is 0 Å². The Morgan fingerprint density at radius 2 is 1.12 bits per heavy atom. The van der Waals surface area contributed by atoms with E-state index in [0.717, 1.165) is 22.5 Å². The molecule has 0 unspecified atom stereocenters. The van der Waals surface area contributed by atoms with Gasteiger partial charge in [0.25, 0.3) is 0 Å². The first-order valence-electron chi connectivity index (χ1n) is 8.49. The standard InChI is InChI=1S/C22H18ClN3/c23-16-21-24-17-25-26(21)22(18-10-4-1-5-11-18,19-12-6-2-7-13-19)20-14-8-3-9-15-20/h1-15,17H,16H2. The minimum absolute atomic E-state index is 0.286. The molecule has 3 nitrogen and oxygen atoms in total. The molecule has 128 valence electrons. The Bertz CT molecular complexity index is 869. The molecule has 4 heteroatoms. The minimum Gasteiger partial charge on any atom is -0.229 e. The fourth-order valence-corrected chi connectivity index (χ4v) is 3.72. The Morgan fingerprint density at radius 1 is 0.692 bits per heavy atom. The monoisotopic (exact) mass is 359 g/mol. The number of nitrogens with zero attached hydrogens (tertiary/aromatic N) is 3. The zero-order valence-corrected chi connectivity index (χ0v) is 14.9. The summed E-state index contributed by atoms with van der Waals surface area (Å²) in [4.78, 5) is 4.40. The molecule has 4 rings (SSSR count). The van der Waals surface area contributed by atoms with Crippen molar-refractivity contribution < 1.29 is 0 Å². The third kappa shape index (κ3) is 2.61. The molecule has 26 heavy (non-hydrogen) atoms. The summed E-state index contributed by atoms with van der Waals surface area (Å²) in [5.74, 6) is 1.01. The summed E-state index contributed by atoms with van der Waals surface area (Å²) in [5.41, 5.74) is 2.67. The van der Waals surface area contributed by atoms with Crippen LogP contribution in [0, 0.1) is 0 Å². The zero-order chi connectivity index (χ0) is 17.8. The van der Waals surface area contributed by atoms with Gasteiger partial charge in [0, 0.05) is 0 Å². The highest BCUT2D eigenvalue weighted by molar-refractivity contribution is 6.16. The van der Waals surface area contributed by atoms with Crippen molar-refractivity contribution >= 4 is 11.6 Å². The quantitative estimate of drug-likeness (QED) is 0.376. The fourth-order valence-electron chi connectivity index (χ4n) is 3.54. The van der Waals surface area contributed by atoms with E-state index in [-0.39, 0.29) is 5.88 Å². The maximum atomic E-state index is 6.22. The van der Waals surface area contributed by atoms with Crippen LogP contribution in [0.25, 0.3) is 0 Å². The number of benzene rings is 3. The summed E-state index contributed by atoms with van der Waals surface area (Å²) < 4.78 is 1.94. The largest absolute Gasteiger partial charge is 0.229 e. The van der Waals surface area contributed by atoms with E-state index >= 15 is 0 Å². The summed E-state index contributed by atoms with van der Waals surface area (Å²) in [6.07, 6.45) is 1.57. The van der Waals surface area contributed by atoms with Gasteiger partial charge in [-0.2, -0.15) is 5.10 Å². The predicted octanol–water partition coefficient (Wildman–Crippen LogP) is 4.86. The summed E-state index contributed by atoms with van der Waals surface area (Å²) in [7, 11) is 0. The molecule has 0 amide bonds. The average molecular weight is 360 g/mol. The summed E-state index contributed by atoms with van der Waals surface area (Å²) in [5, 5.41) is 4.61. The van der Waals surface area contributed by atoms with E-state index in [1.165, 1.54) is 0 Å². The number of halogens is 1. The van der Waals surface area contributed by atoms with Crippen molar-refractivity contribution in [1.82, 2.24) is 14.8 Å². The molecule has 3 aromatic carbocycles. The third-order valence-corrected chi connectivity index (χ3v) is 4.87. The van der Waals surface area contributed by atoms with Crippen LogP contribution in [0.2, 0.25) is 0 Å². The Kier molecular flexibility index (Phi) is 4.55. The molecule has 1 aromatic heterocycles. The molecular formula is C22H18ClN3. The molecule has 0 N–H and O–H groups in total. The van der Waals surface area contributed by atoms with Crippen molar-refractivity contribution in [3.63, 3.8) is 0 Å². The Labute approximate surface area is 157 Å². The van der Waals surface area contributed by atoms with Gasteiger partial charge in [0.1, 0.15) is 17.7 Å². The highest BCUT2D eigenvalue weighted by Crippen LogP contribution is 2.40. The van der Waals surface area contributed by atoms with Crippen LogP contribution in [-0.2, 0) is 11.4 Å². The molecule has 1 heterocycles. The average Bonchev–Trinajstić information content (AvgIpc) is 3.20. The molecule has 0 bridgehead atoms. The molecule has 0 aliphatic rings. The van der Waals surface area contributed by atoms with Gasteiger partial charge in [0.15, 0.2) is 0 Å². The van der Waals surface area contributed by atoms with Gasteiger partial charge in [0.05, 0.1) is 5.88 Å². The van der Waals surface area contributed by atoms with E-state index in [9.17, 15) is 0 Å². The van der Waals surface area contributed by atoms with Crippen LogP contribution in [0.1, 0.15) is 22.5 Å². The summed E-state index contributed by atoms with van der Waals surface area (Å²) >= 11 is 6.22. The predicted molar refractivity (Wildman–Crippen MR) is 104 cm³/mol. The maximum Gasteiger partial charge on any atom is 0.143 e. The van der Waals surface area contributed by atoms with E-state index < -0.39 is 5.54 Å². The lowest BCUT2D eigenvalue weighted by Crippen LogP contribution is -2.39. The minimum atomic E-state index is -0.648. The molecule has 0 saturated carbocycles. The van der Waals surface area contributed by atoms with Gasteiger partial charge < -0.3 is 0 Å². The van der Waals surface area contributed by atoms with Crippen molar-refractivity contribution in [2.45, 2.75) is 11.4 Å². The Hall–Kier alpha value is -2.91. The van der Waals surface area contributed by atoms with Crippen LogP contribution in [0.4, 0.5) is 0 Å². The van der Waals surface area contributed by atoms with Crippen LogP contribution >= 0.6 is 11.6 Å². The molecular weight excluding hydrogens is 342 g/mol. The van der Waals surface area contributed by atoms with E-state index in [1.807, 2.05) is 59.3 Å². The van der Waals surface area contributed by atoms with Gasteiger partial charge in [-0.25, -0.2) is 9.67 Å². The SMILES string of the molecule is ClCc1ncnn1C(c1ccccc1)(c1ccccc1)c1ccccc1. The van der Waals surface area contributed by atoms with E-state index in [4.69, 9.17) is 11.6 Å². The summed E-state index contributed by atoms with van der Waals surface area (Å²) in [6.45, 7) is 0. The smallest absolute Gasteiger partial charge is 0.143 e. The van der Waals surface area contributed by atoms with Gasteiger partial charge in [-0.05, 0) is 16.7 Å². The zero-order valence-electron chi connectivity index (χ0n) is 14.2. The van der Waals surface area contributed by atoms with Crippen LogP contribution in [0.15, 0.2) is 97.3 Å². The highest BCUT2D eigenvalue weighted by Gasteiger charge is 2.40. The fraction of sp³-hybridized carbons (Fsp3) is 0.0909. The lowest BCUT2D eigenvalue weighted by molar-refractivity contribution is 0.445. The first-order chi connectivity index (χ1) is 12.9. The molecule has 4 aromatic rings. The number of aromatic nitrogens is 3. The van der Waals surface area contributed by atoms with Gasteiger partial charge in [0.2, 0.25) is 0 Å². The second-order valence-corrected chi connectivity index (χ2v) is 6.30.